The lowest BCUT2D eigenvalue weighted by Gasteiger charge is -2.21. The smallest absolute Gasteiger partial charge is 0.163 e. The first-order valence-electron chi connectivity index (χ1n) is 6.66. The second-order valence-corrected chi connectivity index (χ2v) is 5.54. The number of hydrogen-bond donors (Lipinski definition) is 1. The predicted octanol–water partition coefficient (Wildman–Crippen LogP) is 5.36. The maximum atomic E-state index is 14.1. The van der Waals surface area contributed by atoms with Crippen molar-refractivity contribution in [2.24, 2.45) is 0 Å². The number of hydrogen-bond acceptors (Lipinski definition) is 1. The van der Waals surface area contributed by atoms with Crippen LogP contribution in [0.2, 0.25) is 10.0 Å². The number of rotatable bonds is 5. The molecule has 1 N–H and O–H groups in total. The third kappa shape index (κ3) is 3.73. The summed E-state index contributed by atoms with van der Waals surface area (Å²) in [4.78, 5) is 0. The summed E-state index contributed by atoms with van der Waals surface area (Å²) < 4.78 is 27.6. The predicted molar refractivity (Wildman–Crippen MR) is 83.0 cm³/mol. The zero-order valence-electron chi connectivity index (χ0n) is 11.5. The van der Waals surface area contributed by atoms with Crippen LogP contribution in [0.15, 0.2) is 36.4 Å². The van der Waals surface area contributed by atoms with Crippen molar-refractivity contribution >= 4 is 23.2 Å². The average molecular weight is 330 g/mol. The van der Waals surface area contributed by atoms with Gasteiger partial charge in [-0.1, -0.05) is 42.3 Å². The van der Waals surface area contributed by atoms with Crippen molar-refractivity contribution in [1.29, 1.82) is 0 Å². The van der Waals surface area contributed by atoms with Crippen molar-refractivity contribution in [2.75, 3.05) is 6.54 Å². The van der Waals surface area contributed by atoms with E-state index in [4.69, 9.17) is 23.2 Å². The average Bonchev–Trinajstić information content (AvgIpc) is 2.47. The zero-order chi connectivity index (χ0) is 15.4. The highest BCUT2D eigenvalue weighted by Crippen LogP contribution is 2.32. The fourth-order valence-electron chi connectivity index (χ4n) is 2.16. The first-order valence-corrected chi connectivity index (χ1v) is 7.42. The molecule has 2 aromatic rings. The molecule has 1 nitrogen and oxygen atoms in total. The number of halogens is 4. The molecule has 112 valence electrons. The normalized spacial score (nSPS) is 12.4. The molecule has 0 saturated carbocycles. The van der Waals surface area contributed by atoms with Gasteiger partial charge in [-0.3, -0.25) is 0 Å². The van der Waals surface area contributed by atoms with Crippen LogP contribution in [0.1, 0.15) is 30.5 Å². The van der Waals surface area contributed by atoms with E-state index in [0.717, 1.165) is 12.5 Å². The van der Waals surface area contributed by atoms with Gasteiger partial charge in [0, 0.05) is 15.6 Å². The van der Waals surface area contributed by atoms with Gasteiger partial charge < -0.3 is 5.32 Å². The van der Waals surface area contributed by atoms with Crippen molar-refractivity contribution in [3.05, 3.63) is 69.2 Å². The summed E-state index contributed by atoms with van der Waals surface area (Å²) in [7, 11) is 0. The van der Waals surface area contributed by atoms with Crippen molar-refractivity contribution in [1.82, 2.24) is 5.32 Å². The summed E-state index contributed by atoms with van der Waals surface area (Å²) in [6.45, 7) is 2.63. The molecule has 21 heavy (non-hydrogen) atoms. The van der Waals surface area contributed by atoms with Crippen LogP contribution in [-0.4, -0.2) is 6.54 Å². The molecule has 0 aromatic heterocycles. The Kier molecular flexibility index (Phi) is 5.57. The summed E-state index contributed by atoms with van der Waals surface area (Å²) >= 11 is 12.2. The van der Waals surface area contributed by atoms with E-state index in [1.807, 2.05) is 6.92 Å². The summed E-state index contributed by atoms with van der Waals surface area (Å²) in [5.41, 5.74) is 0.842. The molecule has 2 aromatic carbocycles. The van der Waals surface area contributed by atoms with E-state index < -0.39 is 17.7 Å². The van der Waals surface area contributed by atoms with Gasteiger partial charge in [-0.2, -0.15) is 0 Å². The quantitative estimate of drug-likeness (QED) is 0.778. The second-order valence-electron chi connectivity index (χ2n) is 4.70. The third-order valence-electron chi connectivity index (χ3n) is 3.16. The molecule has 0 spiro atoms. The van der Waals surface area contributed by atoms with Gasteiger partial charge in [0.25, 0.3) is 0 Å². The van der Waals surface area contributed by atoms with Crippen LogP contribution >= 0.6 is 23.2 Å². The van der Waals surface area contributed by atoms with Crippen LogP contribution in [0, 0.1) is 11.6 Å². The lowest BCUT2D eigenvalue weighted by atomic mass is 9.97. The van der Waals surface area contributed by atoms with Crippen molar-refractivity contribution in [3.63, 3.8) is 0 Å². The highest BCUT2D eigenvalue weighted by atomic mass is 35.5. The lowest BCUT2D eigenvalue weighted by Crippen LogP contribution is -2.24. The SMILES string of the molecule is CCCNC(c1cc(Cl)ccc1Cl)c1cccc(F)c1F. The van der Waals surface area contributed by atoms with E-state index in [1.165, 1.54) is 6.07 Å². The number of nitrogens with one attached hydrogen (secondary N) is 1. The molecule has 0 aliphatic heterocycles. The Hall–Kier alpha value is -1.16. The Labute approximate surface area is 132 Å². The highest BCUT2D eigenvalue weighted by Gasteiger charge is 2.21. The molecule has 0 amide bonds. The summed E-state index contributed by atoms with van der Waals surface area (Å²) in [6, 6.07) is 8.54. The van der Waals surface area contributed by atoms with Gasteiger partial charge in [0.15, 0.2) is 11.6 Å². The molecule has 0 aliphatic carbocycles. The van der Waals surface area contributed by atoms with Gasteiger partial charge in [0.05, 0.1) is 6.04 Å². The molecule has 2 rings (SSSR count). The summed E-state index contributed by atoms with van der Waals surface area (Å²) in [5.74, 6) is -1.75. The summed E-state index contributed by atoms with van der Waals surface area (Å²) in [5, 5.41) is 4.14. The fourth-order valence-corrected chi connectivity index (χ4v) is 2.56. The molecule has 0 fully saturated rings. The molecular weight excluding hydrogens is 315 g/mol. The third-order valence-corrected chi connectivity index (χ3v) is 3.74. The highest BCUT2D eigenvalue weighted by molar-refractivity contribution is 6.33. The molecule has 0 radical (unpaired) electrons. The Balaban J connectivity index is 2.52. The molecular formula is C16H15Cl2F2N. The van der Waals surface area contributed by atoms with Gasteiger partial charge in [-0.25, -0.2) is 8.78 Å². The molecule has 1 atom stereocenters. The van der Waals surface area contributed by atoms with E-state index in [-0.39, 0.29) is 5.56 Å². The van der Waals surface area contributed by atoms with E-state index in [1.54, 1.807) is 24.3 Å². The Bertz CT molecular complexity index is 630. The van der Waals surface area contributed by atoms with Crippen LogP contribution in [0.25, 0.3) is 0 Å². The monoisotopic (exact) mass is 329 g/mol. The van der Waals surface area contributed by atoms with Crippen molar-refractivity contribution < 1.29 is 8.78 Å². The minimum atomic E-state index is -0.881. The second kappa shape index (κ2) is 7.21. The molecule has 1 unspecified atom stereocenters. The zero-order valence-corrected chi connectivity index (χ0v) is 13.0. The number of benzene rings is 2. The largest absolute Gasteiger partial charge is 0.306 e. The standard InChI is InChI=1S/C16H15Cl2F2N/c1-2-8-21-16(11-4-3-5-14(19)15(11)20)12-9-10(17)6-7-13(12)18/h3-7,9,16,21H,2,8H2,1H3. The van der Waals surface area contributed by atoms with Gasteiger partial charge in [0.2, 0.25) is 0 Å². The first kappa shape index (κ1) is 16.2. The molecule has 5 heteroatoms. The van der Waals surface area contributed by atoms with Crippen molar-refractivity contribution in [2.45, 2.75) is 19.4 Å². The maximum absolute atomic E-state index is 14.1. The van der Waals surface area contributed by atoms with Gasteiger partial charge in [-0.05, 0) is 42.8 Å². The van der Waals surface area contributed by atoms with Gasteiger partial charge >= 0.3 is 0 Å². The van der Waals surface area contributed by atoms with Crippen LogP contribution < -0.4 is 5.32 Å². The minimum absolute atomic E-state index is 0.215. The van der Waals surface area contributed by atoms with Crippen LogP contribution in [0.5, 0.6) is 0 Å². The van der Waals surface area contributed by atoms with Crippen molar-refractivity contribution in [3.8, 4) is 0 Å². The Morgan fingerprint density at radius 2 is 1.86 bits per heavy atom. The van der Waals surface area contributed by atoms with E-state index in [9.17, 15) is 8.78 Å². The first-order chi connectivity index (χ1) is 10.0. The molecule has 0 bridgehead atoms. The Morgan fingerprint density at radius 3 is 2.57 bits per heavy atom. The van der Waals surface area contributed by atoms with Crippen LogP contribution in [0.4, 0.5) is 8.78 Å². The van der Waals surface area contributed by atoms with Gasteiger partial charge in [0.1, 0.15) is 0 Å². The van der Waals surface area contributed by atoms with Gasteiger partial charge in [-0.15, -0.1) is 0 Å². The topological polar surface area (TPSA) is 12.0 Å². The molecule has 0 heterocycles. The van der Waals surface area contributed by atoms with Crippen LogP contribution in [-0.2, 0) is 0 Å². The minimum Gasteiger partial charge on any atom is -0.306 e. The molecule has 0 saturated heterocycles. The summed E-state index contributed by atoms with van der Waals surface area (Å²) in [6.07, 6.45) is 0.853. The fraction of sp³-hybridized carbons (Fsp3) is 0.250. The Morgan fingerprint density at radius 1 is 1.10 bits per heavy atom. The molecule has 0 aliphatic rings. The lowest BCUT2D eigenvalue weighted by molar-refractivity contribution is 0.480. The maximum Gasteiger partial charge on any atom is 0.163 e. The van der Waals surface area contributed by atoms with Crippen LogP contribution in [0.3, 0.4) is 0 Å². The van der Waals surface area contributed by atoms with E-state index >= 15 is 0 Å². The van der Waals surface area contributed by atoms with E-state index in [0.29, 0.717) is 22.2 Å². The van der Waals surface area contributed by atoms with E-state index in [2.05, 4.69) is 5.32 Å².